The van der Waals surface area contributed by atoms with Gasteiger partial charge in [-0.2, -0.15) is 0 Å². The van der Waals surface area contributed by atoms with E-state index in [1.54, 1.807) is 0 Å². The lowest BCUT2D eigenvalue weighted by Gasteiger charge is -2.27. The quantitative estimate of drug-likeness (QED) is 0.826. The van der Waals surface area contributed by atoms with E-state index in [0.717, 1.165) is 19.4 Å². The molecule has 3 rings (SSSR count). The Balaban J connectivity index is 1.36. The highest BCUT2D eigenvalue weighted by Crippen LogP contribution is 2.26. The first-order valence-electron chi connectivity index (χ1n) is 9.82. The standard InChI is InChI=1S/C21H30N2O2/c24-20(13-7-12-17-8-3-1-4-9-17)22-19-14-21(25)23(16-19)15-18-10-5-2-6-11-18/h1,3-4,8-9,18-19H,2,5-7,10-16H2,(H,22,24)/t19-/m1/s1. The molecule has 1 aromatic rings. The number of hydrogen-bond acceptors (Lipinski definition) is 2. The molecular formula is C21H30N2O2. The van der Waals surface area contributed by atoms with Gasteiger partial charge in [-0.3, -0.25) is 9.59 Å². The lowest BCUT2D eigenvalue weighted by Crippen LogP contribution is -2.38. The predicted octanol–water partition coefficient (Wildman–Crippen LogP) is 3.31. The number of hydrogen-bond donors (Lipinski definition) is 1. The van der Waals surface area contributed by atoms with Crippen molar-refractivity contribution in [2.75, 3.05) is 13.1 Å². The van der Waals surface area contributed by atoms with Gasteiger partial charge in [-0.15, -0.1) is 0 Å². The van der Waals surface area contributed by atoms with Gasteiger partial charge in [0.05, 0.1) is 6.04 Å². The zero-order chi connectivity index (χ0) is 17.5. The zero-order valence-corrected chi connectivity index (χ0v) is 15.1. The molecule has 0 radical (unpaired) electrons. The molecule has 1 atom stereocenters. The fourth-order valence-corrected chi connectivity index (χ4v) is 4.12. The second kappa shape index (κ2) is 9.02. The van der Waals surface area contributed by atoms with Gasteiger partial charge in [0.1, 0.15) is 0 Å². The first kappa shape index (κ1) is 18.0. The molecule has 1 heterocycles. The van der Waals surface area contributed by atoms with E-state index < -0.39 is 0 Å². The molecule has 2 fully saturated rings. The number of likely N-dealkylation sites (tertiary alicyclic amines) is 1. The molecular weight excluding hydrogens is 312 g/mol. The van der Waals surface area contributed by atoms with Gasteiger partial charge in [-0.05, 0) is 37.2 Å². The normalized spacial score (nSPS) is 21.5. The Morgan fingerprint density at radius 3 is 2.64 bits per heavy atom. The highest BCUT2D eigenvalue weighted by Gasteiger charge is 2.32. The smallest absolute Gasteiger partial charge is 0.224 e. The van der Waals surface area contributed by atoms with Gasteiger partial charge >= 0.3 is 0 Å². The van der Waals surface area contributed by atoms with Crippen LogP contribution in [0.25, 0.3) is 0 Å². The van der Waals surface area contributed by atoms with Gasteiger partial charge in [0, 0.05) is 25.9 Å². The summed E-state index contributed by atoms with van der Waals surface area (Å²) in [5.74, 6) is 0.950. The van der Waals surface area contributed by atoms with Crippen LogP contribution in [0.4, 0.5) is 0 Å². The number of nitrogens with one attached hydrogen (secondary N) is 1. The first-order valence-corrected chi connectivity index (χ1v) is 9.82. The van der Waals surface area contributed by atoms with Crippen LogP contribution >= 0.6 is 0 Å². The molecule has 4 heteroatoms. The molecule has 0 bridgehead atoms. The average Bonchev–Trinajstić information content (AvgIpc) is 2.96. The Hall–Kier alpha value is -1.84. The monoisotopic (exact) mass is 342 g/mol. The fraction of sp³-hybridized carbons (Fsp3) is 0.619. The van der Waals surface area contributed by atoms with Gasteiger partial charge in [-0.25, -0.2) is 0 Å². The van der Waals surface area contributed by atoms with E-state index >= 15 is 0 Å². The molecule has 4 nitrogen and oxygen atoms in total. The van der Waals surface area contributed by atoms with Crippen LogP contribution in [-0.2, 0) is 16.0 Å². The van der Waals surface area contributed by atoms with Gasteiger partial charge < -0.3 is 10.2 Å². The summed E-state index contributed by atoms with van der Waals surface area (Å²) >= 11 is 0. The van der Waals surface area contributed by atoms with Gasteiger partial charge in [-0.1, -0.05) is 49.6 Å². The van der Waals surface area contributed by atoms with Crippen LogP contribution in [0.1, 0.15) is 56.9 Å². The Morgan fingerprint density at radius 2 is 1.88 bits per heavy atom. The molecule has 1 N–H and O–H groups in total. The SMILES string of the molecule is O=C(CCCc1ccccc1)N[C@@H]1CC(=O)N(CC2CCCCC2)C1. The van der Waals surface area contributed by atoms with E-state index in [4.69, 9.17) is 0 Å². The summed E-state index contributed by atoms with van der Waals surface area (Å²) in [6.45, 7) is 1.58. The molecule has 1 aromatic carbocycles. The summed E-state index contributed by atoms with van der Waals surface area (Å²) in [4.78, 5) is 26.3. The third-order valence-electron chi connectivity index (χ3n) is 5.50. The predicted molar refractivity (Wildman–Crippen MR) is 99.1 cm³/mol. The minimum atomic E-state index is 0.000292. The summed E-state index contributed by atoms with van der Waals surface area (Å²) in [5, 5.41) is 3.06. The lowest BCUT2D eigenvalue weighted by molar-refractivity contribution is -0.128. The number of benzene rings is 1. The third kappa shape index (κ3) is 5.58. The number of carbonyl (C=O) groups excluding carboxylic acids is 2. The van der Waals surface area contributed by atoms with Crippen molar-refractivity contribution in [1.29, 1.82) is 0 Å². The van der Waals surface area contributed by atoms with Crippen molar-refractivity contribution in [2.24, 2.45) is 5.92 Å². The Bertz CT molecular complexity index is 567. The van der Waals surface area contributed by atoms with Crippen LogP contribution in [0.3, 0.4) is 0 Å². The largest absolute Gasteiger partial charge is 0.351 e. The first-order chi connectivity index (χ1) is 12.2. The average molecular weight is 342 g/mol. The molecule has 25 heavy (non-hydrogen) atoms. The molecule has 136 valence electrons. The maximum atomic E-state index is 12.2. The van der Waals surface area contributed by atoms with Crippen molar-refractivity contribution in [3.05, 3.63) is 35.9 Å². The molecule has 1 aliphatic carbocycles. The fourth-order valence-electron chi connectivity index (χ4n) is 4.12. The summed E-state index contributed by atoms with van der Waals surface area (Å²) in [6.07, 6.45) is 9.21. The van der Waals surface area contributed by atoms with Crippen molar-refractivity contribution >= 4 is 11.8 Å². The highest BCUT2D eigenvalue weighted by molar-refractivity contribution is 5.82. The van der Waals surface area contributed by atoms with E-state index in [-0.39, 0.29) is 17.9 Å². The minimum absolute atomic E-state index is 0.000292. The highest BCUT2D eigenvalue weighted by atomic mass is 16.2. The van der Waals surface area contributed by atoms with E-state index in [1.165, 1.54) is 37.7 Å². The van der Waals surface area contributed by atoms with Gasteiger partial charge in [0.15, 0.2) is 0 Å². The summed E-state index contributed by atoms with van der Waals surface area (Å²) in [7, 11) is 0. The van der Waals surface area contributed by atoms with Crippen molar-refractivity contribution in [3.8, 4) is 0 Å². The van der Waals surface area contributed by atoms with Crippen LogP contribution in [0.5, 0.6) is 0 Å². The van der Waals surface area contributed by atoms with E-state index in [0.29, 0.717) is 25.3 Å². The molecule has 0 spiro atoms. The molecule has 2 amide bonds. The van der Waals surface area contributed by atoms with E-state index in [2.05, 4.69) is 17.4 Å². The number of carbonyl (C=O) groups is 2. The van der Waals surface area contributed by atoms with Crippen molar-refractivity contribution in [3.63, 3.8) is 0 Å². The second-order valence-corrected chi connectivity index (χ2v) is 7.61. The van der Waals surface area contributed by atoms with Gasteiger partial charge in [0.25, 0.3) is 0 Å². The van der Waals surface area contributed by atoms with E-state index in [1.807, 2.05) is 23.1 Å². The molecule has 1 aliphatic heterocycles. The molecule has 0 aromatic heterocycles. The summed E-state index contributed by atoms with van der Waals surface area (Å²) in [5.41, 5.74) is 1.27. The topological polar surface area (TPSA) is 49.4 Å². The molecule has 0 unspecified atom stereocenters. The van der Waals surface area contributed by atoms with Crippen LogP contribution in [0.2, 0.25) is 0 Å². The lowest BCUT2D eigenvalue weighted by atomic mass is 9.89. The molecule has 2 aliphatic rings. The van der Waals surface area contributed by atoms with Gasteiger partial charge in [0.2, 0.25) is 11.8 Å². The van der Waals surface area contributed by atoms with Crippen LogP contribution in [0.15, 0.2) is 30.3 Å². The van der Waals surface area contributed by atoms with Crippen LogP contribution < -0.4 is 5.32 Å². The van der Waals surface area contributed by atoms with Crippen molar-refractivity contribution < 1.29 is 9.59 Å². The van der Waals surface area contributed by atoms with Crippen LogP contribution in [-0.4, -0.2) is 35.8 Å². The van der Waals surface area contributed by atoms with E-state index in [9.17, 15) is 9.59 Å². The number of nitrogens with zero attached hydrogens (tertiary/aromatic N) is 1. The zero-order valence-electron chi connectivity index (χ0n) is 15.1. The number of rotatable bonds is 7. The Labute approximate surface area is 151 Å². The van der Waals surface area contributed by atoms with Crippen LogP contribution in [0, 0.1) is 5.92 Å². The minimum Gasteiger partial charge on any atom is -0.351 e. The molecule has 1 saturated carbocycles. The third-order valence-corrected chi connectivity index (χ3v) is 5.50. The number of amides is 2. The maximum Gasteiger partial charge on any atom is 0.224 e. The second-order valence-electron chi connectivity index (χ2n) is 7.61. The van der Waals surface area contributed by atoms with Crippen molar-refractivity contribution in [1.82, 2.24) is 10.2 Å². The maximum absolute atomic E-state index is 12.2. The number of aryl methyl sites for hydroxylation is 1. The summed E-state index contributed by atoms with van der Waals surface area (Å²) < 4.78 is 0. The van der Waals surface area contributed by atoms with Crippen molar-refractivity contribution in [2.45, 2.75) is 63.8 Å². The Morgan fingerprint density at radius 1 is 1.12 bits per heavy atom. The summed E-state index contributed by atoms with van der Waals surface area (Å²) in [6, 6.07) is 10.3. The molecule has 1 saturated heterocycles. The Kier molecular flexibility index (Phi) is 6.48.